The molecule has 0 spiro atoms. The van der Waals surface area contributed by atoms with Gasteiger partial charge in [-0.25, -0.2) is 0 Å². The molecule has 2 aromatic carbocycles. The molecule has 2 heterocycles. The summed E-state index contributed by atoms with van der Waals surface area (Å²) in [6, 6.07) is 21.7. The Labute approximate surface area is 274 Å². The second-order valence-corrected chi connectivity index (χ2v) is 13.1. The summed E-state index contributed by atoms with van der Waals surface area (Å²) in [7, 11) is 0. The van der Waals surface area contributed by atoms with Crippen molar-refractivity contribution in [3.05, 3.63) is 185 Å². The summed E-state index contributed by atoms with van der Waals surface area (Å²) < 4.78 is 0. The molecular formula is C43H43N3. The van der Waals surface area contributed by atoms with E-state index in [9.17, 15) is 0 Å². The number of hydrogen-bond donors (Lipinski definition) is 2. The summed E-state index contributed by atoms with van der Waals surface area (Å²) >= 11 is 0. The molecule has 2 N–H and O–H groups in total. The van der Waals surface area contributed by atoms with Crippen LogP contribution in [0.4, 0.5) is 0 Å². The fourth-order valence-corrected chi connectivity index (χ4v) is 7.71. The Balaban J connectivity index is 1.06. The number of rotatable bonds is 7. The highest BCUT2D eigenvalue weighted by Crippen LogP contribution is 2.40. The van der Waals surface area contributed by atoms with Gasteiger partial charge in [-0.1, -0.05) is 127 Å². The van der Waals surface area contributed by atoms with Crippen molar-refractivity contribution >= 4 is 5.57 Å². The molecule has 1 fully saturated rings. The lowest BCUT2D eigenvalue weighted by atomic mass is 9.82. The standard InChI is InChI=1S/C43H43N3/c1-5-15-31(16-6-1)38-29-40(32-17-7-2-8-18-32)44-41(30-38)36-23-13-21-34(27-36)35-22-14-24-37(28-35)43-45-42(33-19-9-3-10-20-33)46(43)39-25-11-4-12-26-39/h1-2,4-9,11,13-22,25,27-30,36-37,40,42-45H,3,10,12,23-24,26H2. The zero-order valence-electron chi connectivity index (χ0n) is 26.4. The van der Waals surface area contributed by atoms with Crippen LogP contribution in [0.1, 0.15) is 55.7 Å². The number of benzene rings is 2. The second-order valence-electron chi connectivity index (χ2n) is 13.1. The van der Waals surface area contributed by atoms with Crippen molar-refractivity contribution in [2.75, 3.05) is 0 Å². The first-order valence-corrected chi connectivity index (χ1v) is 17.1. The van der Waals surface area contributed by atoms with Crippen LogP contribution in [0.5, 0.6) is 0 Å². The molecule has 1 saturated heterocycles. The normalized spacial score (nSPS) is 28.6. The van der Waals surface area contributed by atoms with Gasteiger partial charge >= 0.3 is 0 Å². The Morgan fingerprint density at radius 2 is 1.50 bits per heavy atom. The van der Waals surface area contributed by atoms with Crippen LogP contribution in [0.2, 0.25) is 0 Å². The molecule has 3 heteroatoms. The van der Waals surface area contributed by atoms with E-state index in [4.69, 9.17) is 0 Å². The highest BCUT2D eigenvalue weighted by atomic mass is 15.5. The van der Waals surface area contributed by atoms with E-state index >= 15 is 0 Å². The maximum Gasteiger partial charge on any atom is 0.108 e. The zero-order chi connectivity index (χ0) is 30.7. The lowest BCUT2D eigenvalue weighted by Gasteiger charge is -2.56. The Hall–Kier alpha value is -4.60. The SMILES string of the molecule is C1=CCCC(N2C(C3=CCCC=C3)NC2C2C=C(C3=CC(C4=CC(c5ccccc5)=CC(c5ccccc5)N4)CC=C3)C=CC2)=C1. The summed E-state index contributed by atoms with van der Waals surface area (Å²) in [5, 5.41) is 7.91. The fraction of sp³-hybridized carbons (Fsp3) is 0.256. The van der Waals surface area contributed by atoms with Gasteiger partial charge in [0.25, 0.3) is 0 Å². The molecule has 0 aromatic heterocycles. The lowest BCUT2D eigenvalue weighted by Crippen LogP contribution is -2.71. The maximum atomic E-state index is 3.99. The number of nitrogens with one attached hydrogen (secondary N) is 2. The van der Waals surface area contributed by atoms with Crippen molar-refractivity contribution < 1.29 is 0 Å². The average molecular weight is 602 g/mol. The van der Waals surface area contributed by atoms with E-state index in [1.54, 1.807) is 0 Å². The molecule has 0 bridgehead atoms. The van der Waals surface area contributed by atoms with Gasteiger partial charge in [0.05, 0.1) is 12.2 Å². The van der Waals surface area contributed by atoms with Crippen molar-refractivity contribution in [1.29, 1.82) is 0 Å². The first-order valence-electron chi connectivity index (χ1n) is 17.1. The van der Waals surface area contributed by atoms with Crippen molar-refractivity contribution in [3.8, 4) is 0 Å². The largest absolute Gasteiger partial charge is 0.377 e. The zero-order valence-corrected chi connectivity index (χ0v) is 26.4. The molecular weight excluding hydrogens is 558 g/mol. The lowest BCUT2D eigenvalue weighted by molar-refractivity contribution is 0.000578. The number of nitrogens with zero attached hydrogens (tertiary/aromatic N) is 1. The van der Waals surface area contributed by atoms with Crippen molar-refractivity contribution in [1.82, 2.24) is 15.5 Å². The van der Waals surface area contributed by atoms with Gasteiger partial charge in [-0.2, -0.15) is 0 Å². The van der Waals surface area contributed by atoms with Gasteiger partial charge in [0.1, 0.15) is 6.17 Å². The highest BCUT2D eigenvalue weighted by Gasteiger charge is 2.44. The van der Waals surface area contributed by atoms with Crippen LogP contribution in [0.25, 0.3) is 5.57 Å². The molecule has 8 rings (SSSR count). The maximum absolute atomic E-state index is 3.99. The molecule has 0 saturated carbocycles. The van der Waals surface area contributed by atoms with Crippen molar-refractivity contribution in [3.63, 3.8) is 0 Å². The molecule has 5 unspecified atom stereocenters. The summed E-state index contributed by atoms with van der Waals surface area (Å²) in [4.78, 5) is 2.68. The van der Waals surface area contributed by atoms with E-state index in [1.807, 2.05) is 0 Å². The Morgan fingerprint density at radius 1 is 0.696 bits per heavy atom. The minimum atomic E-state index is 0.138. The van der Waals surface area contributed by atoms with E-state index in [-0.39, 0.29) is 12.2 Å². The molecule has 6 aliphatic rings. The van der Waals surface area contributed by atoms with E-state index < -0.39 is 0 Å². The minimum Gasteiger partial charge on any atom is -0.377 e. The molecule has 3 nitrogen and oxygen atoms in total. The highest BCUT2D eigenvalue weighted by molar-refractivity contribution is 5.77. The molecule has 230 valence electrons. The first kappa shape index (κ1) is 28.8. The molecule has 46 heavy (non-hydrogen) atoms. The minimum absolute atomic E-state index is 0.138. The first-order chi connectivity index (χ1) is 22.8. The fourth-order valence-electron chi connectivity index (χ4n) is 7.71. The molecule has 2 aliphatic heterocycles. The van der Waals surface area contributed by atoms with Gasteiger partial charge < -0.3 is 10.2 Å². The average Bonchev–Trinajstić information content (AvgIpc) is 3.13. The Bertz CT molecular complexity index is 1760. The number of dihydropyridines is 1. The van der Waals surface area contributed by atoms with Gasteiger partial charge in [-0.15, -0.1) is 0 Å². The third kappa shape index (κ3) is 5.88. The topological polar surface area (TPSA) is 27.3 Å². The van der Waals surface area contributed by atoms with Crippen LogP contribution >= 0.6 is 0 Å². The van der Waals surface area contributed by atoms with E-state index in [1.165, 1.54) is 44.8 Å². The van der Waals surface area contributed by atoms with Crippen molar-refractivity contribution in [2.45, 2.75) is 56.9 Å². The van der Waals surface area contributed by atoms with Crippen molar-refractivity contribution in [2.24, 2.45) is 11.8 Å². The van der Waals surface area contributed by atoms with Crippen LogP contribution < -0.4 is 10.6 Å². The number of allylic oxidation sites excluding steroid dienone is 15. The van der Waals surface area contributed by atoms with E-state index in [0.717, 1.165) is 38.5 Å². The smallest absolute Gasteiger partial charge is 0.108 e. The summed E-state index contributed by atoms with van der Waals surface area (Å²) in [6.07, 6.45) is 40.3. The summed E-state index contributed by atoms with van der Waals surface area (Å²) in [6.45, 7) is 0. The summed E-state index contributed by atoms with van der Waals surface area (Å²) in [5.74, 6) is 0.702. The Morgan fingerprint density at radius 3 is 2.28 bits per heavy atom. The summed E-state index contributed by atoms with van der Waals surface area (Å²) in [5.41, 5.74) is 10.7. The van der Waals surface area contributed by atoms with Gasteiger partial charge in [0.2, 0.25) is 0 Å². The molecule has 2 aromatic rings. The van der Waals surface area contributed by atoms with Gasteiger partial charge in [-0.05, 0) is 90.2 Å². The predicted molar refractivity (Wildman–Crippen MR) is 191 cm³/mol. The van der Waals surface area contributed by atoms with Crippen LogP contribution in [-0.4, -0.2) is 17.2 Å². The molecule has 0 radical (unpaired) electrons. The quantitative estimate of drug-likeness (QED) is 0.331. The van der Waals surface area contributed by atoms with Gasteiger partial charge in [-0.3, -0.25) is 5.32 Å². The Kier molecular flexibility index (Phi) is 8.17. The predicted octanol–water partition coefficient (Wildman–Crippen LogP) is 9.37. The van der Waals surface area contributed by atoms with E-state index in [0.29, 0.717) is 18.0 Å². The third-order valence-corrected chi connectivity index (χ3v) is 10.1. The van der Waals surface area contributed by atoms with Gasteiger partial charge in [0.15, 0.2) is 0 Å². The van der Waals surface area contributed by atoms with Crippen LogP contribution in [-0.2, 0) is 0 Å². The van der Waals surface area contributed by atoms with Crippen LogP contribution in [0.3, 0.4) is 0 Å². The van der Waals surface area contributed by atoms with Gasteiger partial charge in [0, 0.05) is 23.2 Å². The van der Waals surface area contributed by atoms with Crippen LogP contribution in [0, 0.1) is 11.8 Å². The second kappa shape index (κ2) is 13.0. The molecule has 4 aliphatic carbocycles. The van der Waals surface area contributed by atoms with Crippen LogP contribution in [0.15, 0.2) is 174 Å². The molecule has 5 atom stereocenters. The molecule has 0 amide bonds. The number of hydrogen-bond acceptors (Lipinski definition) is 3. The van der Waals surface area contributed by atoms with E-state index in [2.05, 4.69) is 161 Å². The monoisotopic (exact) mass is 601 g/mol. The third-order valence-electron chi connectivity index (χ3n) is 10.1.